The molecule has 0 bridgehead atoms. The van der Waals surface area contributed by atoms with Gasteiger partial charge in [0, 0.05) is 169 Å². The normalized spacial score (nSPS) is 6.73. The third-order valence-electron chi connectivity index (χ3n) is 6.62. The van der Waals surface area contributed by atoms with Crippen LogP contribution in [-0.4, -0.2) is 0 Å². The van der Waals surface area contributed by atoms with Crippen molar-refractivity contribution >= 4 is 0 Å². The van der Waals surface area contributed by atoms with Crippen molar-refractivity contribution in [2.75, 3.05) is 0 Å². The van der Waals surface area contributed by atoms with Gasteiger partial charge in [-0.1, -0.05) is 206 Å². The molecule has 0 fully saturated rings. The van der Waals surface area contributed by atoms with E-state index in [9.17, 15) is 0 Å². The number of benzene rings is 4. The van der Waals surface area contributed by atoms with Crippen LogP contribution < -0.4 is 0 Å². The number of hydrogen-bond donors (Lipinski definition) is 0. The van der Waals surface area contributed by atoms with Crippen LogP contribution in [0.3, 0.4) is 0 Å². The van der Waals surface area contributed by atoms with Crippen LogP contribution in [0.25, 0.3) is 22.3 Å². The van der Waals surface area contributed by atoms with E-state index in [0.717, 1.165) is 38.5 Å². The van der Waals surface area contributed by atoms with Gasteiger partial charge in [-0.2, -0.15) is 27.7 Å². The first-order valence-electron chi connectivity index (χ1n) is 19.9. The van der Waals surface area contributed by atoms with Gasteiger partial charge in [-0.15, -0.1) is 0 Å². The van der Waals surface area contributed by atoms with E-state index in [2.05, 4.69) is 172 Å². The number of fused-ring (bicyclic) bond motifs is 6. The molecule has 10 heteroatoms. The molecule has 364 valence electrons. The van der Waals surface area contributed by atoms with Gasteiger partial charge < -0.3 is 38.5 Å². The van der Waals surface area contributed by atoms with Crippen LogP contribution in [0.1, 0.15) is 131 Å². The fourth-order valence-electron chi connectivity index (χ4n) is 4.66. The summed E-state index contributed by atoms with van der Waals surface area (Å²) in [5.74, 6) is 21.1. The van der Waals surface area contributed by atoms with E-state index >= 15 is 0 Å². The van der Waals surface area contributed by atoms with E-state index in [1.54, 1.807) is 0 Å². The standard InChI is InChI=1S/2C13H10.4C5H7.4C2H6.2CH3.10W/c2*1-3-7-12-10(5-1)9-11-6-2-4-8-13(11)12;4*1-3-5-4-2;4*1-2;;;;;;;;;;;;/h2*1-8H,9H2;4*1,4H2,2H3;4*1-2H3;2*1H3;;;;;;;;;;/q;;4*-1;;;;;2*-1;;;;;;;;;2*+2. The third-order valence-corrected chi connectivity index (χ3v) is 6.62. The summed E-state index contributed by atoms with van der Waals surface area (Å²) in [6.07, 6.45) is 5.89. The van der Waals surface area contributed by atoms with Crippen LogP contribution in [0.4, 0.5) is 0 Å². The summed E-state index contributed by atoms with van der Waals surface area (Å²) in [5, 5.41) is 0. The van der Waals surface area contributed by atoms with Crippen molar-refractivity contribution in [3.8, 4) is 69.6 Å². The van der Waals surface area contributed by atoms with E-state index in [1.807, 2.05) is 83.1 Å². The Morgan fingerprint density at radius 2 is 0.455 bits per heavy atom. The molecule has 0 nitrogen and oxygen atoms in total. The molecule has 0 aromatic heterocycles. The Morgan fingerprint density at radius 3 is 0.561 bits per heavy atom. The summed E-state index contributed by atoms with van der Waals surface area (Å²) < 4.78 is 0. The van der Waals surface area contributed by atoms with Crippen molar-refractivity contribution in [3.63, 3.8) is 0 Å². The summed E-state index contributed by atoms with van der Waals surface area (Å²) >= 11 is 0. The minimum atomic E-state index is 0. The zero-order valence-corrected chi connectivity index (χ0v) is 71.7. The molecule has 0 atom stereocenters. The molecule has 2 aliphatic carbocycles. The van der Waals surface area contributed by atoms with Crippen LogP contribution in [0.2, 0.25) is 0 Å². The molecule has 0 radical (unpaired) electrons. The summed E-state index contributed by atoms with van der Waals surface area (Å²) in [7, 11) is 0. The van der Waals surface area contributed by atoms with Crippen LogP contribution in [0, 0.1) is 89.9 Å². The van der Waals surface area contributed by atoms with Gasteiger partial charge in [0.05, 0.1) is 0 Å². The number of rotatable bonds is 0. The average Bonchev–Trinajstić information content (AvgIpc) is 3.82. The molecule has 66 heavy (non-hydrogen) atoms. The van der Waals surface area contributed by atoms with E-state index in [0.29, 0.717) is 0 Å². The smallest absolute Gasteiger partial charge is 0.358 e. The van der Waals surface area contributed by atoms with Gasteiger partial charge in [0.1, 0.15) is 0 Å². The maximum Gasteiger partial charge on any atom is 2.00 e. The Balaban J connectivity index is -0.0000000318. The van der Waals surface area contributed by atoms with E-state index in [4.69, 9.17) is 0 Å². The van der Waals surface area contributed by atoms with Crippen molar-refractivity contribution in [3.05, 3.63) is 162 Å². The van der Waals surface area contributed by atoms with E-state index in [1.165, 1.54) is 44.5 Å². The maximum absolute atomic E-state index is 3.31. The first-order valence-corrected chi connectivity index (χ1v) is 19.9. The molecular formula is C56H78W10-2. The molecule has 6 rings (SSSR count). The molecule has 0 heterocycles. The summed E-state index contributed by atoms with van der Waals surface area (Å²) in [5.41, 5.74) is 11.5. The van der Waals surface area contributed by atoms with Crippen LogP contribution in [0.5, 0.6) is 0 Å². The van der Waals surface area contributed by atoms with Crippen molar-refractivity contribution < 1.29 is 211 Å². The molecule has 0 spiro atoms. The molecule has 0 aliphatic heterocycles. The van der Waals surface area contributed by atoms with Gasteiger partial charge in [0.25, 0.3) is 0 Å². The third kappa shape index (κ3) is 56.4. The van der Waals surface area contributed by atoms with Crippen molar-refractivity contribution in [2.24, 2.45) is 0 Å². The molecule has 0 N–H and O–H groups in total. The van der Waals surface area contributed by atoms with Gasteiger partial charge in [-0.3, -0.25) is 23.7 Å². The molecule has 4 aromatic carbocycles. The van der Waals surface area contributed by atoms with Crippen molar-refractivity contribution in [2.45, 2.75) is 122 Å². The largest absolute Gasteiger partial charge is 2.00 e. The summed E-state index contributed by atoms with van der Waals surface area (Å²) in [4.78, 5) is 0. The molecule has 0 saturated carbocycles. The van der Waals surface area contributed by atoms with Crippen molar-refractivity contribution in [1.82, 2.24) is 0 Å². The Hall–Kier alpha value is 1.48. The van der Waals surface area contributed by atoms with Crippen LogP contribution >= 0.6 is 0 Å². The summed E-state index contributed by atoms with van der Waals surface area (Å²) in [6.45, 7) is 37.2. The van der Waals surface area contributed by atoms with Gasteiger partial charge in [-0.25, -0.2) is 0 Å². The first-order chi connectivity index (χ1) is 26.6. The van der Waals surface area contributed by atoms with Crippen LogP contribution in [0.15, 0.2) is 97.1 Å². The zero-order chi connectivity index (χ0) is 41.8. The molecule has 4 aromatic rings. The van der Waals surface area contributed by atoms with Crippen LogP contribution in [-0.2, 0) is 223 Å². The predicted molar refractivity (Wildman–Crippen MR) is 261 cm³/mol. The van der Waals surface area contributed by atoms with Crippen molar-refractivity contribution in [1.29, 1.82) is 0 Å². The minimum Gasteiger partial charge on any atom is -0.358 e. The molecule has 2 aliphatic rings. The van der Waals surface area contributed by atoms with Gasteiger partial charge in [0.15, 0.2) is 0 Å². The zero-order valence-electron chi connectivity index (χ0n) is 42.4. The Labute approximate surface area is 555 Å². The Bertz CT molecular complexity index is 1470. The molecular weight excluding hydrogens is 2510 g/mol. The second-order valence-corrected chi connectivity index (χ2v) is 9.81. The van der Waals surface area contributed by atoms with E-state index < -0.39 is 0 Å². The topological polar surface area (TPSA) is 0 Å². The van der Waals surface area contributed by atoms with Gasteiger partial charge in [0.2, 0.25) is 0 Å². The quantitative estimate of drug-likeness (QED) is 0.105. The number of hydrogen-bond acceptors (Lipinski definition) is 0. The summed E-state index contributed by atoms with van der Waals surface area (Å²) in [6, 6.07) is 34.6. The fraction of sp³-hybridized carbons (Fsp3) is 0.321. The first kappa shape index (κ1) is 113. The van der Waals surface area contributed by atoms with Gasteiger partial charge in [-0.05, 0) is 57.3 Å². The van der Waals surface area contributed by atoms with Gasteiger partial charge >= 0.3 is 42.1 Å². The molecule has 0 saturated heterocycles. The molecule has 0 unspecified atom stereocenters. The SMILES string of the molecule is CC.CC.CC.CC.[CH2-]C#CCC.[CH2-]C#CCC.[CH2-]C#CCC.[CH2-]C#CCC.[CH3-].[CH3-].[W+2].[W+2].[W].[W].[W].[W].[W].[W].[W].[W].c1ccc2c(c1)Cc1ccccc1-2.c1ccc2c(c1)Cc1ccccc1-2. The fourth-order valence-corrected chi connectivity index (χ4v) is 4.66. The average molecular weight is 2590 g/mol. The second-order valence-electron chi connectivity index (χ2n) is 9.81. The molecule has 0 amide bonds. The predicted octanol–water partition coefficient (Wildman–Crippen LogP) is 16.4. The monoisotopic (exact) mass is 2590 g/mol. The Morgan fingerprint density at radius 1 is 0.318 bits per heavy atom. The minimum absolute atomic E-state index is 0. The Kier molecular flexibility index (Phi) is 158. The maximum atomic E-state index is 3.31. The van der Waals surface area contributed by atoms with E-state index in [-0.39, 0.29) is 226 Å². The second kappa shape index (κ2) is 92.6.